The highest BCUT2D eigenvalue weighted by molar-refractivity contribution is 7.22. The fourth-order valence-corrected chi connectivity index (χ4v) is 4.77. The highest BCUT2D eigenvalue weighted by Gasteiger charge is 2.22. The molecule has 12 heteroatoms. The van der Waals surface area contributed by atoms with Gasteiger partial charge in [-0.3, -0.25) is 14.9 Å². The number of aryl methyl sites for hydroxylation is 1. The molecular formula is C24H20Cl2N4O5S. The molecule has 2 aromatic carbocycles. The molecule has 0 saturated carbocycles. The largest absolute Gasteiger partial charge is 0.482 e. The summed E-state index contributed by atoms with van der Waals surface area (Å²) in [6.07, 6.45) is -0.620. The van der Waals surface area contributed by atoms with E-state index in [1.165, 1.54) is 19.1 Å². The van der Waals surface area contributed by atoms with Crippen molar-refractivity contribution in [3.63, 3.8) is 0 Å². The van der Waals surface area contributed by atoms with Gasteiger partial charge in [0.15, 0.2) is 5.13 Å². The quantitative estimate of drug-likeness (QED) is 0.232. The molecule has 0 spiro atoms. The molecule has 0 aliphatic rings. The zero-order valence-corrected chi connectivity index (χ0v) is 21.3. The number of halogens is 2. The third-order valence-corrected chi connectivity index (χ3v) is 7.05. The number of hydrogen-bond donors (Lipinski definition) is 4. The van der Waals surface area contributed by atoms with Crippen LogP contribution in [0.5, 0.6) is 5.75 Å². The molecule has 0 aliphatic carbocycles. The Balaban J connectivity index is 1.71. The molecule has 2 heterocycles. The van der Waals surface area contributed by atoms with Crippen LogP contribution in [0.25, 0.3) is 10.2 Å². The lowest BCUT2D eigenvalue weighted by Crippen LogP contribution is -2.28. The number of rotatable bonds is 8. The van der Waals surface area contributed by atoms with Crippen LogP contribution in [-0.2, 0) is 4.79 Å². The summed E-state index contributed by atoms with van der Waals surface area (Å²) in [4.78, 5) is 43.4. The second-order valence-corrected chi connectivity index (χ2v) is 9.59. The lowest BCUT2D eigenvalue weighted by atomic mass is 10.1. The molecule has 9 nitrogen and oxygen atoms in total. The van der Waals surface area contributed by atoms with E-state index in [0.717, 1.165) is 16.9 Å². The van der Waals surface area contributed by atoms with Crippen molar-refractivity contribution in [2.45, 2.75) is 20.0 Å². The van der Waals surface area contributed by atoms with Crippen molar-refractivity contribution in [1.29, 1.82) is 0 Å². The van der Waals surface area contributed by atoms with E-state index in [9.17, 15) is 19.5 Å². The van der Waals surface area contributed by atoms with Crippen molar-refractivity contribution in [3.8, 4) is 5.75 Å². The number of anilines is 1. The van der Waals surface area contributed by atoms with Gasteiger partial charge < -0.3 is 20.1 Å². The van der Waals surface area contributed by atoms with Crippen molar-refractivity contribution < 1.29 is 24.2 Å². The Morgan fingerprint density at radius 1 is 1.17 bits per heavy atom. The average Bonchev–Trinajstić information content (AvgIpc) is 3.37. The summed E-state index contributed by atoms with van der Waals surface area (Å²) in [5, 5.41) is 15.6. The summed E-state index contributed by atoms with van der Waals surface area (Å²) in [6.45, 7) is 3.23. The molecule has 0 radical (unpaired) electrons. The second kappa shape index (κ2) is 10.6. The number of fused-ring (bicyclic) bond motifs is 1. The van der Waals surface area contributed by atoms with Crippen LogP contribution in [0.15, 0.2) is 42.5 Å². The van der Waals surface area contributed by atoms with Crippen molar-refractivity contribution >= 4 is 67.7 Å². The molecule has 2 amide bonds. The Hall–Kier alpha value is -3.60. The first-order valence-corrected chi connectivity index (χ1v) is 12.2. The van der Waals surface area contributed by atoms with Crippen molar-refractivity contribution in [1.82, 2.24) is 15.3 Å². The van der Waals surface area contributed by atoms with Gasteiger partial charge >= 0.3 is 5.97 Å². The topological polar surface area (TPSA) is 133 Å². The predicted octanol–water partition coefficient (Wildman–Crippen LogP) is 5.45. The Morgan fingerprint density at radius 3 is 2.50 bits per heavy atom. The van der Waals surface area contributed by atoms with Crippen LogP contribution in [0, 0.1) is 6.92 Å². The van der Waals surface area contributed by atoms with Crippen LogP contribution in [0.4, 0.5) is 5.13 Å². The van der Waals surface area contributed by atoms with Crippen molar-refractivity contribution in [2.24, 2.45) is 0 Å². The van der Waals surface area contributed by atoms with Gasteiger partial charge in [-0.1, -0.05) is 64.9 Å². The lowest BCUT2D eigenvalue weighted by Gasteiger charge is -2.20. The molecule has 186 valence electrons. The van der Waals surface area contributed by atoms with Gasteiger partial charge in [-0.05, 0) is 24.6 Å². The van der Waals surface area contributed by atoms with Crippen LogP contribution in [-0.4, -0.2) is 39.4 Å². The van der Waals surface area contributed by atoms with E-state index in [1.807, 2.05) is 30.3 Å². The summed E-state index contributed by atoms with van der Waals surface area (Å²) in [6, 6.07) is 12.0. The number of benzene rings is 2. The number of carbonyl (C=O) groups is 3. The number of aromatic nitrogens is 2. The fraction of sp³-hybridized carbons (Fsp3) is 0.167. The van der Waals surface area contributed by atoms with Crippen LogP contribution in [0.3, 0.4) is 0 Å². The number of H-pyrrole nitrogens is 1. The number of aromatic amines is 1. The van der Waals surface area contributed by atoms with Crippen LogP contribution >= 0.6 is 34.5 Å². The average molecular weight is 547 g/mol. The molecule has 4 rings (SSSR count). The third kappa shape index (κ3) is 5.46. The van der Waals surface area contributed by atoms with Crippen LogP contribution in [0.2, 0.25) is 10.0 Å². The molecule has 36 heavy (non-hydrogen) atoms. The Labute approximate surface area is 219 Å². The van der Waals surface area contributed by atoms with Gasteiger partial charge in [0.05, 0.1) is 26.9 Å². The molecule has 1 unspecified atom stereocenters. The maximum Gasteiger partial charge on any atom is 0.335 e. The molecule has 0 fully saturated rings. The maximum absolute atomic E-state index is 12.8. The first-order valence-electron chi connectivity index (χ1n) is 10.6. The van der Waals surface area contributed by atoms with Gasteiger partial charge in [0.1, 0.15) is 23.1 Å². The number of nitrogens with one attached hydrogen (secondary N) is 3. The summed E-state index contributed by atoms with van der Waals surface area (Å²) in [5.41, 5.74) is 1.75. The SMILES string of the molecule is CC(=O)NCC(Oc1cc(C(=O)O)cc2sc(NC(=O)c3[nH]c(C)c(Cl)c3Cl)nc12)c1ccccc1. The summed E-state index contributed by atoms with van der Waals surface area (Å²) < 4.78 is 6.69. The molecule has 0 bridgehead atoms. The van der Waals surface area contributed by atoms with E-state index in [2.05, 4.69) is 20.6 Å². The van der Waals surface area contributed by atoms with Gasteiger partial charge in [0.2, 0.25) is 5.91 Å². The van der Waals surface area contributed by atoms with Gasteiger partial charge in [-0.2, -0.15) is 0 Å². The minimum Gasteiger partial charge on any atom is -0.482 e. The number of carboxylic acids is 1. The maximum atomic E-state index is 12.8. The number of aromatic carboxylic acids is 1. The Morgan fingerprint density at radius 2 is 1.89 bits per heavy atom. The van der Waals surface area contributed by atoms with E-state index in [0.29, 0.717) is 15.9 Å². The highest BCUT2D eigenvalue weighted by Crippen LogP contribution is 2.37. The van der Waals surface area contributed by atoms with Gasteiger partial charge in [-0.25, -0.2) is 9.78 Å². The molecular weight excluding hydrogens is 527 g/mol. The Kier molecular flexibility index (Phi) is 7.48. The molecule has 4 aromatic rings. The molecule has 0 saturated heterocycles. The van der Waals surface area contributed by atoms with Gasteiger partial charge in [-0.15, -0.1) is 0 Å². The van der Waals surface area contributed by atoms with E-state index < -0.39 is 18.0 Å². The summed E-state index contributed by atoms with van der Waals surface area (Å²) in [5.74, 6) is -1.75. The third-order valence-electron chi connectivity index (χ3n) is 5.19. The minimum atomic E-state index is -1.15. The van der Waals surface area contributed by atoms with Crippen LogP contribution in [0.1, 0.15) is 45.1 Å². The zero-order valence-electron chi connectivity index (χ0n) is 19.0. The summed E-state index contributed by atoms with van der Waals surface area (Å²) >= 11 is 13.3. The second-order valence-electron chi connectivity index (χ2n) is 7.81. The number of carboxylic acid groups (broad SMARTS) is 1. The van der Waals surface area contributed by atoms with Gasteiger partial charge in [0.25, 0.3) is 5.91 Å². The smallest absolute Gasteiger partial charge is 0.335 e. The number of ether oxygens (including phenoxy) is 1. The zero-order chi connectivity index (χ0) is 26.0. The molecule has 1 atom stereocenters. The number of amides is 2. The standard InChI is InChI=1S/C24H20Cl2N4O5S/c1-11-18(25)19(26)21(28-11)22(32)30-24-29-20-15(8-14(23(33)34)9-17(20)36-24)35-16(10-27-12(2)31)13-6-4-3-5-7-13/h3-9,16,28H,10H2,1-2H3,(H,27,31)(H,33,34)(H,29,30,32). The lowest BCUT2D eigenvalue weighted by molar-refractivity contribution is -0.119. The van der Waals surface area contributed by atoms with Crippen molar-refractivity contribution in [3.05, 3.63) is 75.0 Å². The number of hydrogen-bond acceptors (Lipinski definition) is 6. The first kappa shape index (κ1) is 25.5. The highest BCUT2D eigenvalue weighted by atomic mass is 35.5. The van der Waals surface area contributed by atoms with Crippen molar-refractivity contribution in [2.75, 3.05) is 11.9 Å². The number of thiazole rings is 1. The number of carbonyl (C=O) groups excluding carboxylic acids is 2. The Bertz CT molecular complexity index is 1470. The monoisotopic (exact) mass is 546 g/mol. The normalized spacial score (nSPS) is 11.8. The van der Waals surface area contributed by atoms with Crippen LogP contribution < -0.4 is 15.4 Å². The predicted molar refractivity (Wildman–Crippen MR) is 139 cm³/mol. The fourth-order valence-electron chi connectivity index (χ4n) is 3.44. The van der Waals surface area contributed by atoms with E-state index in [1.54, 1.807) is 6.92 Å². The number of nitrogens with zero attached hydrogens (tertiary/aromatic N) is 1. The van der Waals surface area contributed by atoms with E-state index in [-0.39, 0.29) is 44.6 Å². The summed E-state index contributed by atoms with van der Waals surface area (Å²) in [7, 11) is 0. The van der Waals surface area contributed by atoms with Gasteiger partial charge in [0, 0.05) is 12.6 Å². The molecule has 4 N–H and O–H groups in total. The molecule has 0 aliphatic heterocycles. The van der Waals surface area contributed by atoms with E-state index in [4.69, 9.17) is 27.9 Å². The molecule has 2 aromatic heterocycles. The first-order chi connectivity index (χ1) is 17.1. The minimum absolute atomic E-state index is 0.0137. The van der Waals surface area contributed by atoms with E-state index >= 15 is 0 Å².